The fraction of sp³-hybridized carbons (Fsp3) is 0.333. The molecule has 1 atom stereocenters. The van der Waals surface area contributed by atoms with Gasteiger partial charge < -0.3 is 15.8 Å². The van der Waals surface area contributed by atoms with Gasteiger partial charge in [-0.15, -0.1) is 0 Å². The number of carbonyl (C=O) groups excluding carboxylic acids is 1. The second-order valence-corrected chi connectivity index (χ2v) is 4.17. The second kappa shape index (κ2) is 6.30. The van der Waals surface area contributed by atoms with Crippen LogP contribution in [-0.2, 0) is 4.79 Å². The topological polar surface area (TPSA) is 64.3 Å². The van der Waals surface area contributed by atoms with Crippen molar-refractivity contribution in [2.75, 3.05) is 12.4 Å². The maximum atomic E-state index is 13.5. The van der Waals surface area contributed by atoms with Crippen LogP contribution in [0.25, 0.3) is 0 Å². The second-order valence-electron chi connectivity index (χ2n) is 3.70. The molecule has 18 heavy (non-hydrogen) atoms. The van der Waals surface area contributed by atoms with Crippen LogP contribution in [0.4, 0.5) is 10.1 Å². The molecule has 0 fully saturated rings. The van der Waals surface area contributed by atoms with Crippen LogP contribution in [0.15, 0.2) is 18.2 Å². The fourth-order valence-electron chi connectivity index (χ4n) is 1.46. The van der Waals surface area contributed by atoms with E-state index in [1.54, 1.807) is 6.92 Å². The number of benzene rings is 1. The molecule has 0 heterocycles. The lowest BCUT2D eigenvalue weighted by molar-refractivity contribution is -0.118. The quantitative estimate of drug-likeness (QED) is 0.804. The van der Waals surface area contributed by atoms with E-state index in [0.29, 0.717) is 12.2 Å². The normalized spacial score (nSPS) is 11.7. The molecule has 0 aliphatic rings. The third-order valence-corrected chi connectivity index (χ3v) is 2.78. The molecule has 0 aromatic heterocycles. The molecule has 6 heteroatoms. The summed E-state index contributed by atoms with van der Waals surface area (Å²) in [7, 11) is 1.46. The first-order chi connectivity index (χ1) is 8.49. The van der Waals surface area contributed by atoms with Crippen LogP contribution in [0.5, 0.6) is 5.75 Å². The van der Waals surface area contributed by atoms with Crippen molar-refractivity contribution in [2.45, 2.75) is 13.3 Å². The summed E-state index contributed by atoms with van der Waals surface area (Å²) in [6.45, 7) is 1.78. The SMILES string of the molecule is CCC(C(=O)Nc1cc(OC)ccc1F)C(N)=S. The lowest BCUT2D eigenvalue weighted by Crippen LogP contribution is -2.32. The Bertz CT molecular complexity index is 465. The van der Waals surface area contributed by atoms with Crippen molar-refractivity contribution in [3.63, 3.8) is 0 Å². The number of nitrogens with one attached hydrogen (secondary N) is 1. The van der Waals surface area contributed by atoms with Gasteiger partial charge in [0.05, 0.1) is 23.7 Å². The van der Waals surface area contributed by atoms with Gasteiger partial charge in [-0.3, -0.25) is 4.79 Å². The third kappa shape index (κ3) is 3.40. The van der Waals surface area contributed by atoms with E-state index in [9.17, 15) is 9.18 Å². The van der Waals surface area contributed by atoms with Gasteiger partial charge in [-0.25, -0.2) is 4.39 Å². The molecule has 3 N–H and O–H groups in total. The van der Waals surface area contributed by atoms with Crippen molar-refractivity contribution in [1.82, 2.24) is 0 Å². The van der Waals surface area contributed by atoms with E-state index in [1.165, 1.54) is 25.3 Å². The Morgan fingerprint density at radius 1 is 1.61 bits per heavy atom. The monoisotopic (exact) mass is 270 g/mol. The van der Waals surface area contributed by atoms with Crippen molar-refractivity contribution in [1.29, 1.82) is 0 Å². The van der Waals surface area contributed by atoms with E-state index in [1.807, 2.05) is 0 Å². The van der Waals surface area contributed by atoms with Crippen molar-refractivity contribution in [3.8, 4) is 5.75 Å². The molecular weight excluding hydrogens is 255 g/mol. The number of thiocarbonyl (C=S) groups is 1. The summed E-state index contributed by atoms with van der Waals surface area (Å²) in [6, 6.07) is 4.09. The lowest BCUT2D eigenvalue weighted by Gasteiger charge is -2.14. The Morgan fingerprint density at radius 3 is 2.78 bits per heavy atom. The first-order valence-electron chi connectivity index (χ1n) is 5.43. The van der Waals surface area contributed by atoms with E-state index in [-0.39, 0.29) is 10.7 Å². The minimum absolute atomic E-state index is 0.0500. The zero-order valence-corrected chi connectivity index (χ0v) is 11.0. The highest BCUT2D eigenvalue weighted by molar-refractivity contribution is 7.80. The molecule has 0 saturated heterocycles. The van der Waals surface area contributed by atoms with Gasteiger partial charge in [0.25, 0.3) is 0 Å². The third-order valence-electron chi connectivity index (χ3n) is 2.50. The Morgan fingerprint density at radius 2 is 2.28 bits per heavy atom. The van der Waals surface area contributed by atoms with Gasteiger partial charge >= 0.3 is 0 Å². The molecule has 0 radical (unpaired) electrons. The average molecular weight is 270 g/mol. The number of anilines is 1. The predicted octanol–water partition coefficient (Wildman–Crippen LogP) is 2.09. The number of methoxy groups -OCH3 is 1. The number of amides is 1. The van der Waals surface area contributed by atoms with Gasteiger partial charge in [0, 0.05) is 6.07 Å². The summed E-state index contributed by atoms with van der Waals surface area (Å²) in [6.07, 6.45) is 0.465. The molecule has 0 spiro atoms. The van der Waals surface area contributed by atoms with E-state index in [0.717, 1.165) is 0 Å². The molecule has 0 saturated carbocycles. The minimum atomic E-state index is -0.606. The lowest BCUT2D eigenvalue weighted by atomic mass is 10.1. The van der Waals surface area contributed by atoms with Crippen molar-refractivity contribution < 1.29 is 13.9 Å². The highest BCUT2D eigenvalue weighted by Crippen LogP contribution is 2.22. The van der Waals surface area contributed by atoms with E-state index < -0.39 is 17.6 Å². The summed E-state index contributed by atoms with van der Waals surface area (Å²) in [5.41, 5.74) is 5.50. The first-order valence-corrected chi connectivity index (χ1v) is 5.84. The number of ether oxygens (including phenoxy) is 1. The van der Waals surface area contributed by atoms with Crippen molar-refractivity contribution >= 4 is 28.8 Å². The van der Waals surface area contributed by atoms with Crippen molar-refractivity contribution in [2.24, 2.45) is 11.7 Å². The summed E-state index contributed by atoms with van der Waals surface area (Å²) in [5, 5.41) is 2.46. The smallest absolute Gasteiger partial charge is 0.234 e. The van der Waals surface area contributed by atoms with Crippen LogP contribution in [0.1, 0.15) is 13.3 Å². The average Bonchev–Trinajstić information content (AvgIpc) is 2.32. The molecule has 98 valence electrons. The maximum absolute atomic E-state index is 13.5. The molecule has 1 aromatic carbocycles. The van der Waals surface area contributed by atoms with Gasteiger partial charge in [-0.2, -0.15) is 0 Å². The van der Waals surface area contributed by atoms with Crippen LogP contribution in [0.3, 0.4) is 0 Å². The summed E-state index contributed by atoms with van der Waals surface area (Å²) in [4.78, 5) is 11.9. The van der Waals surface area contributed by atoms with E-state index in [4.69, 9.17) is 22.7 Å². The van der Waals surface area contributed by atoms with Crippen LogP contribution >= 0.6 is 12.2 Å². The molecule has 1 rings (SSSR count). The zero-order valence-electron chi connectivity index (χ0n) is 10.2. The van der Waals surface area contributed by atoms with Crippen LogP contribution < -0.4 is 15.8 Å². The highest BCUT2D eigenvalue weighted by Gasteiger charge is 2.20. The Balaban J connectivity index is 2.90. The number of halogens is 1. The Hall–Kier alpha value is -1.69. The molecule has 0 aliphatic heterocycles. The molecule has 0 aliphatic carbocycles. The van der Waals surface area contributed by atoms with Gasteiger partial charge in [0.15, 0.2) is 0 Å². The minimum Gasteiger partial charge on any atom is -0.497 e. The van der Waals surface area contributed by atoms with Gasteiger partial charge in [0.2, 0.25) is 5.91 Å². The predicted molar refractivity (Wildman–Crippen MR) is 72.1 cm³/mol. The molecule has 1 aromatic rings. The summed E-state index contributed by atoms with van der Waals surface area (Å²) < 4.78 is 18.5. The molecular formula is C12H15FN2O2S. The fourth-order valence-corrected chi connectivity index (χ4v) is 1.74. The highest BCUT2D eigenvalue weighted by atomic mass is 32.1. The van der Waals surface area contributed by atoms with Crippen LogP contribution in [0, 0.1) is 11.7 Å². The summed E-state index contributed by atoms with van der Waals surface area (Å²) >= 11 is 4.79. The van der Waals surface area contributed by atoms with Crippen LogP contribution in [-0.4, -0.2) is 18.0 Å². The number of carbonyl (C=O) groups is 1. The van der Waals surface area contributed by atoms with E-state index in [2.05, 4.69) is 5.32 Å². The summed E-state index contributed by atoms with van der Waals surface area (Å²) in [5.74, 6) is -1.11. The standard InChI is InChI=1S/C12H15FN2O2S/c1-3-8(11(14)18)12(16)15-10-6-7(17-2)4-5-9(10)13/h4-6,8H,3H2,1-2H3,(H2,14,18)(H,15,16). The molecule has 4 nitrogen and oxygen atoms in total. The van der Waals surface area contributed by atoms with Crippen molar-refractivity contribution in [3.05, 3.63) is 24.0 Å². The number of hydrogen-bond donors (Lipinski definition) is 2. The molecule has 0 bridgehead atoms. The Kier molecular flexibility index (Phi) is 5.03. The molecule has 1 amide bonds. The Labute approximate surface area is 110 Å². The van der Waals surface area contributed by atoms with Gasteiger partial charge in [-0.1, -0.05) is 19.1 Å². The van der Waals surface area contributed by atoms with Gasteiger partial charge in [-0.05, 0) is 18.6 Å². The number of nitrogens with two attached hydrogens (primary N) is 1. The number of rotatable bonds is 5. The first kappa shape index (κ1) is 14.4. The van der Waals surface area contributed by atoms with Gasteiger partial charge in [0.1, 0.15) is 11.6 Å². The van der Waals surface area contributed by atoms with E-state index >= 15 is 0 Å². The maximum Gasteiger partial charge on any atom is 0.234 e. The zero-order chi connectivity index (χ0) is 13.7. The van der Waals surface area contributed by atoms with Crippen LogP contribution in [0.2, 0.25) is 0 Å². The number of hydrogen-bond acceptors (Lipinski definition) is 3. The largest absolute Gasteiger partial charge is 0.497 e. The molecule has 1 unspecified atom stereocenters.